The Hall–Kier alpha value is -4.37. The van der Waals surface area contributed by atoms with E-state index in [0.717, 1.165) is 68.6 Å². The van der Waals surface area contributed by atoms with Crippen LogP contribution in [0.2, 0.25) is 0 Å². The molecule has 0 aliphatic heterocycles. The molecule has 6 aromatic heterocycles. The molecule has 0 saturated heterocycles. The van der Waals surface area contributed by atoms with Gasteiger partial charge in [0.25, 0.3) is 0 Å². The van der Waals surface area contributed by atoms with Crippen molar-refractivity contribution in [2.24, 2.45) is 5.92 Å². The molecular weight excluding hydrogens is 506 g/mol. The Morgan fingerprint density at radius 3 is 2.74 bits per heavy atom. The number of pyridine rings is 3. The minimum atomic E-state index is 0.0523. The molecule has 1 aliphatic rings. The van der Waals surface area contributed by atoms with Crippen molar-refractivity contribution in [3.8, 4) is 33.8 Å². The largest absolute Gasteiger partial charge is 0.352 e. The predicted octanol–water partition coefficient (Wildman–Crippen LogP) is 7.20. The molecule has 0 aromatic carbocycles. The number of carbonyl (C=O) groups excluding carboxylic acids is 1. The van der Waals surface area contributed by atoms with Gasteiger partial charge in [-0.05, 0) is 65.4 Å². The number of anilines is 1. The molecule has 3 N–H and O–H groups in total. The van der Waals surface area contributed by atoms with Gasteiger partial charge in [-0.25, -0.2) is 4.98 Å². The van der Waals surface area contributed by atoms with Crippen molar-refractivity contribution in [2.75, 3.05) is 5.32 Å². The van der Waals surface area contributed by atoms with Crippen LogP contribution < -0.4 is 5.32 Å². The first-order chi connectivity index (χ1) is 19.2. The number of nitrogens with one attached hydrogen (secondary N) is 3. The van der Waals surface area contributed by atoms with E-state index in [1.807, 2.05) is 30.6 Å². The molecule has 0 unspecified atom stereocenters. The normalized spacial score (nSPS) is 14.3. The summed E-state index contributed by atoms with van der Waals surface area (Å²) in [6.45, 7) is 0. The maximum absolute atomic E-state index is 12.7. The fourth-order valence-corrected chi connectivity index (χ4v) is 6.24. The Morgan fingerprint density at radius 1 is 0.974 bits per heavy atom. The maximum atomic E-state index is 12.7. The van der Waals surface area contributed by atoms with Crippen molar-refractivity contribution in [3.05, 3.63) is 65.9 Å². The predicted molar refractivity (Wildman–Crippen MR) is 155 cm³/mol. The molecule has 9 heteroatoms. The average Bonchev–Trinajstić information content (AvgIpc) is 3.73. The maximum Gasteiger partial charge on any atom is 0.224 e. The monoisotopic (exact) mass is 533 g/mol. The Morgan fingerprint density at radius 2 is 1.87 bits per heavy atom. The Balaban J connectivity index is 1.19. The van der Waals surface area contributed by atoms with Crippen LogP contribution >= 0.6 is 11.3 Å². The van der Waals surface area contributed by atoms with Crippen LogP contribution in [0.3, 0.4) is 0 Å². The van der Waals surface area contributed by atoms with E-state index in [4.69, 9.17) is 4.98 Å². The van der Waals surface area contributed by atoms with Crippen LogP contribution in [-0.4, -0.2) is 36.0 Å². The zero-order valence-electron chi connectivity index (χ0n) is 21.3. The van der Waals surface area contributed by atoms with Gasteiger partial charge in [-0.2, -0.15) is 16.4 Å². The summed E-state index contributed by atoms with van der Waals surface area (Å²) in [5.41, 5.74) is 8.67. The van der Waals surface area contributed by atoms with Crippen LogP contribution in [-0.2, 0) is 4.79 Å². The summed E-state index contributed by atoms with van der Waals surface area (Å²) in [7, 11) is 0. The van der Waals surface area contributed by atoms with Crippen molar-refractivity contribution in [3.63, 3.8) is 0 Å². The van der Waals surface area contributed by atoms with Crippen molar-refractivity contribution < 1.29 is 4.79 Å². The summed E-state index contributed by atoms with van der Waals surface area (Å²) in [4.78, 5) is 29.9. The molecular formula is C30H27N7OS. The highest BCUT2D eigenvalue weighted by atomic mass is 32.1. The second-order valence-corrected chi connectivity index (χ2v) is 11.0. The van der Waals surface area contributed by atoms with Gasteiger partial charge in [-0.15, -0.1) is 0 Å². The number of fused-ring (bicyclic) bond motifs is 2. The first-order valence-electron chi connectivity index (χ1n) is 13.3. The number of H-pyrrole nitrogens is 2. The SMILES string of the molecule is O=C(CC1CCCCC1)Nc1cncc(-c2ccc3[nH]nc(-c4cc5c(-c6ccsc6)cncc5[nH]4)c3n2)c1. The molecule has 1 amide bonds. The third-order valence-electron chi connectivity index (χ3n) is 7.56. The number of nitrogens with zero attached hydrogens (tertiary/aromatic N) is 4. The van der Waals surface area contributed by atoms with E-state index in [-0.39, 0.29) is 5.91 Å². The van der Waals surface area contributed by atoms with Gasteiger partial charge in [0.05, 0.1) is 40.5 Å². The van der Waals surface area contributed by atoms with E-state index in [1.165, 1.54) is 19.3 Å². The summed E-state index contributed by atoms with van der Waals surface area (Å²) in [6, 6.07) is 10.1. The number of aromatic nitrogens is 6. The van der Waals surface area contributed by atoms with E-state index in [9.17, 15) is 4.79 Å². The standard InChI is InChI=1S/C30H27N7OS/c38-28(10-18-4-2-1-3-5-18)33-21-11-20(13-31-14-21)24-6-7-25-29(35-24)30(37-36-25)26-12-22-23(19-8-9-39-17-19)15-32-16-27(22)34-26/h6-9,11-18,34H,1-5,10H2,(H,33,38)(H,36,37). The summed E-state index contributed by atoms with van der Waals surface area (Å²) in [5, 5.41) is 16.0. The lowest BCUT2D eigenvalue weighted by atomic mass is 9.87. The van der Waals surface area contributed by atoms with Gasteiger partial charge in [-0.3, -0.25) is 19.9 Å². The van der Waals surface area contributed by atoms with Gasteiger partial charge >= 0.3 is 0 Å². The fourth-order valence-electron chi connectivity index (χ4n) is 5.59. The lowest BCUT2D eigenvalue weighted by Crippen LogP contribution is -2.18. The molecule has 0 atom stereocenters. The van der Waals surface area contributed by atoms with Gasteiger partial charge < -0.3 is 10.3 Å². The average molecular weight is 534 g/mol. The van der Waals surface area contributed by atoms with Crippen molar-refractivity contribution in [1.82, 2.24) is 30.1 Å². The topological polar surface area (TPSA) is 112 Å². The lowest BCUT2D eigenvalue weighted by molar-refractivity contribution is -0.117. The van der Waals surface area contributed by atoms with Crippen LogP contribution in [0.25, 0.3) is 55.7 Å². The highest BCUT2D eigenvalue weighted by molar-refractivity contribution is 7.08. The van der Waals surface area contributed by atoms with Crippen LogP contribution in [0.15, 0.2) is 65.9 Å². The molecule has 39 heavy (non-hydrogen) atoms. The molecule has 0 radical (unpaired) electrons. The highest BCUT2D eigenvalue weighted by Gasteiger charge is 2.18. The van der Waals surface area contributed by atoms with Gasteiger partial charge in [0, 0.05) is 35.3 Å². The summed E-state index contributed by atoms with van der Waals surface area (Å²) in [6.07, 6.45) is 13.8. The molecule has 6 heterocycles. The van der Waals surface area contributed by atoms with E-state index in [1.54, 1.807) is 23.7 Å². The van der Waals surface area contributed by atoms with Gasteiger partial charge in [-0.1, -0.05) is 19.3 Å². The van der Waals surface area contributed by atoms with Crippen molar-refractivity contribution >= 4 is 44.9 Å². The molecule has 1 fully saturated rings. The number of hydrogen-bond acceptors (Lipinski definition) is 6. The second kappa shape index (κ2) is 10.1. The van der Waals surface area contributed by atoms with Crippen LogP contribution in [0.4, 0.5) is 5.69 Å². The lowest BCUT2D eigenvalue weighted by Gasteiger charge is -2.20. The van der Waals surface area contributed by atoms with Gasteiger partial charge in [0.2, 0.25) is 5.91 Å². The zero-order valence-corrected chi connectivity index (χ0v) is 22.1. The number of aromatic amines is 2. The summed E-state index contributed by atoms with van der Waals surface area (Å²) in [5.74, 6) is 0.539. The first-order valence-corrected chi connectivity index (χ1v) is 14.3. The number of thiophene rings is 1. The van der Waals surface area contributed by atoms with Gasteiger partial charge in [0.1, 0.15) is 11.2 Å². The second-order valence-electron chi connectivity index (χ2n) is 10.2. The number of rotatable bonds is 6. The minimum Gasteiger partial charge on any atom is -0.352 e. The smallest absolute Gasteiger partial charge is 0.224 e. The molecule has 1 aliphatic carbocycles. The van der Waals surface area contributed by atoms with Crippen LogP contribution in [0.5, 0.6) is 0 Å². The molecule has 7 rings (SSSR count). The Labute approximate surface area is 228 Å². The van der Waals surface area contributed by atoms with E-state index in [0.29, 0.717) is 18.0 Å². The third kappa shape index (κ3) is 4.70. The van der Waals surface area contributed by atoms with Crippen LogP contribution in [0, 0.1) is 5.92 Å². The zero-order chi connectivity index (χ0) is 26.2. The molecule has 8 nitrogen and oxygen atoms in total. The molecule has 0 spiro atoms. The Kier molecular flexibility index (Phi) is 6.13. The number of hydrogen-bond donors (Lipinski definition) is 3. The third-order valence-corrected chi connectivity index (χ3v) is 8.24. The summed E-state index contributed by atoms with van der Waals surface area (Å²) >= 11 is 1.67. The molecule has 194 valence electrons. The molecule has 0 bridgehead atoms. The van der Waals surface area contributed by atoms with E-state index < -0.39 is 0 Å². The highest BCUT2D eigenvalue weighted by Crippen LogP contribution is 2.34. The number of carbonyl (C=O) groups is 1. The van der Waals surface area contributed by atoms with Crippen molar-refractivity contribution in [2.45, 2.75) is 38.5 Å². The van der Waals surface area contributed by atoms with E-state index in [2.05, 4.69) is 53.4 Å². The van der Waals surface area contributed by atoms with E-state index >= 15 is 0 Å². The minimum absolute atomic E-state index is 0.0523. The fraction of sp³-hybridized carbons (Fsp3) is 0.233. The molecule has 1 saturated carbocycles. The number of amides is 1. The van der Waals surface area contributed by atoms with Crippen molar-refractivity contribution in [1.29, 1.82) is 0 Å². The quantitative estimate of drug-likeness (QED) is 0.210. The molecule has 6 aromatic rings. The van der Waals surface area contributed by atoms with Gasteiger partial charge in [0.15, 0.2) is 0 Å². The van der Waals surface area contributed by atoms with Crippen LogP contribution in [0.1, 0.15) is 38.5 Å². The Bertz CT molecular complexity index is 1780. The first kappa shape index (κ1) is 23.7. The summed E-state index contributed by atoms with van der Waals surface area (Å²) < 4.78 is 0.